The van der Waals surface area contributed by atoms with Gasteiger partial charge in [-0.1, -0.05) is 4.49 Å². The van der Waals surface area contributed by atoms with Crippen LogP contribution < -0.4 is 5.32 Å². The minimum absolute atomic E-state index is 0.0127. The second kappa shape index (κ2) is 4.65. The first kappa shape index (κ1) is 11.3. The molecule has 0 amide bonds. The van der Waals surface area contributed by atoms with Gasteiger partial charge in [0.1, 0.15) is 0 Å². The van der Waals surface area contributed by atoms with E-state index in [1.54, 1.807) is 5.38 Å². The summed E-state index contributed by atoms with van der Waals surface area (Å²) >= 11 is 1.07. The van der Waals surface area contributed by atoms with Crippen molar-refractivity contribution in [3.63, 3.8) is 0 Å². The molecule has 1 N–H and O–H groups in total. The summed E-state index contributed by atoms with van der Waals surface area (Å²) in [5.74, 6) is -4.00. The first-order chi connectivity index (χ1) is 6.52. The fraction of sp³-hybridized carbons (Fsp3) is 0.667. The lowest BCUT2D eigenvalue weighted by atomic mass is 10.3. The molecule has 0 unspecified atom stereocenters. The number of alkyl halides is 4. The molecule has 14 heavy (non-hydrogen) atoms. The second-order valence-corrected chi connectivity index (χ2v) is 3.17. The fourth-order valence-electron chi connectivity index (χ4n) is 0.695. The number of nitrogens with one attached hydrogen (secondary N) is 1. The largest absolute Gasteiger partial charge is 0.319 e. The van der Waals surface area contributed by atoms with Gasteiger partial charge in [0.15, 0.2) is 0 Å². The Kier molecular flexibility index (Phi) is 3.76. The van der Waals surface area contributed by atoms with Gasteiger partial charge < -0.3 is 5.32 Å². The van der Waals surface area contributed by atoms with E-state index < -0.39 is 18.9 Å². The lowest BCUT2D eigenvalue weighted by Crippen LogP contribution is -2.38. The van der Waals surface area contributed by atoms with Crippen LogP contribution in [0.2, 0.25) is 0 Å². The highest BCUT2D eigenvalue weighted by molar-refractivity contribution is 7.03. The zero-order valence-electron chi connectivity index (χ0n) is 6.88. The van der Waals surface area contributed by atoms with Crippen molar-refractivity contribution in [3.8, 4) is 0 Å². The average molecular weight is 229 g/mol. The zero-order chi connectivity index (χ0) is 10.6. The number of halogens is 4. The van der Waals surface area contributed by atoms with Gasteiger partial charge in [0.25, 0.3) is 0 Å². The van der Waals surface area contributed by atoms with E-state index in [1.165, 1.54) is 0 Å². The highest BCUT2D eigenvalue weighted by Gasteiger charge is 2.39. The molecule has 3 nitrogen and oxygen atoms in total. The van der Waals surface area contributed by atoms with Gasteiger partial charge in [-0.2, -0.15) is 8.78 Å². The number of nitrogens with zero attached hydrogens (tertiary/aromatic N) is 2. The van der Waals surface area contributed by atoms with Gasteiger partial charge >= 0.3 is 12.3 Å². The number of rotatable bonds is 5. The van der Waals surface area contributed by atoms with Gasteiger partial charge in [0.2, 0.25) is 0 Å². The van der Waals surface area contributed by atoms with Crippen LogP contribution in [-0.2, 0) is 6.54 Å². The third-order valence-electron chi connectivity index (χ3n) is 1.39. The van der Waals surface area contributed by atoms with Crippen LogP contribution in [-0.4, -0.2) is 28.5 Å². The lowest BCUT2D eigenvalue weighted by Gasteiger charge is -2.14. The Morgan fingerprint density at radius 1 is 1.50 bits per heavy atom. The summed E-state index contributed by atoms with van der Waals surface area (Å²) < 4.78 is 51.5. The minimum Gasteiger partial charge on any atom is -0.305 e. The van der Waals surface area contributed by atoms with Gasteiger partial charge in [-0.05, 0) is 11.5 Å². The normalized spacial score (nSPS) is 12.4. The van der Waals surface area contributed by atoms with Crippen molar-refractivity contribution < 1.29 is 17.6 Å². The van der Waals surface area contributed by atoms with Crippen molar-refractivity contribution in [2.75, 3.05) is 6.54 Å². The first-order valence-corrected chi connectivity index (χ1v) is 4.48. The molecule has 1 aromatic heterocycles. The van der Waals surface area contributed by atoms with E-state index in [1.807, 2.05) is 0 Å². The van der Waals surface area contributed by atoms with E-state index in [2.05, 4.69) is 14.9 Å². The second-order valence-electron chi connectivity index (χ2n) is 2.56. The summed E-state index contributed by atoms with van der Waals surface area (Å²) in [5.41, 5.74) is 0.458. The van der Waals surface area contributed by atoms with Crippen LogP contribution in [0, 0.1) is 0 Å². The molecule has 0 aliphatic carbocycles. The van der Waals surface area contributed by atoms with Gasteiger partial charge in [-0.25, -0.2) is 8.78 Å². The molecule has 0 atom stereocenters. The van der Waals surface area contributed by atoms with E-state index in [0.717, 1.165) is 11.5 Å². The topological polar surface area (TPSA) is 37.8 Å². The molecular formula is C6H7F4N3S. The van der Waals surface area contributed by atoms with Crippen molar-refractivity contribution in [1.29, 1.82) is 0 Å². The lowest BCUT2D eigenvalue weighted by molar-refractivity contribution is -0.125. The molecular weight excluding hydrogens is 222 g/mol. The van der Waals surface area contributed by atoms with Crippen LogP contribution in [0.15, 0.2) is 5.38 Å². The van der Waals surface area contributed by atoms with E-state index in [0.29, 0.717) is 5.69 Å². The Morgan fingerprint density at radius 3 is 2.71 bits per heavy atom. The highest BCUT2D eigenvalue weighted by Crippen LogP contribution is 2.21. The van der Waals surface area contributed by atoms with Crippen LogP contribution in [0.3, 0.4) is 0 Å². The van der Waals surface area contributed by atoms with Crippen molar-refractivity contribution in [3.05, 3.63) is 11.1 Å². The van der Waals surface area contributed by atoms with Crippen molar-refractivity contribution in [2.45, 2.75) is 18.9 Å². The number of aromatic nitrogens is 2. The van der Waals surface area contributed by atoms with Crippen LogP contribution in [0.1, 0.15) is 5.69 Å². The summed E-state index contributed by atoms with van der Waals surface area (Å²) in [6.07, 6.45) is -3.65. The van der Waals surface area contributed by atoms with Crippen molar-refractivity contribution in [2.24, 2.45) is 0 Å². The van der Waals surface area contributed by atoms with E-state index >= 15 is 0 Å². The van der Waals surface area contributed by atoms with Crippen LogP contribution in [0.4, 0.5) is 17.6 Å². The predicted octanol–water partition coefficient (Wildman–Crippen LogP) is 1.53. The summed E-state index contributed by atoms with van der Waals surface area (Å²) in [6.45, 7) is -1.05. The molecule has 1 rings (SSSR count). The Bertz CT molecular complexity index is 264. The molecule has 0 spiro atoms. The molecule has 0 aliphatic heterocycles. The van der Waals surface area contributed by atoms with E-state index in [-0.39, 0.29) is 6.54 Å². The molecule has 1 heterocycles. The Balaban J connectivity index is 2.28. The smallest absolute Gasteiger partial charge is 0.305 e. The Morgan fingerprint density at radius 2 is 2.21 bits per heavy atom. The molecule has 1 aromatic rings. The third-order valence-corrected chi connectivity index (χ3v) is 1.94. The Hall–Kier alpha value is -0.760. The monoisotopic (exact) mass is 229 g/mol. The fourth-order valence-corrected chi connectivity index (χ4v) is 1.15. The SMILES string of the molecule is FC(F)C(F)(F)CNCc1csnn1. The molecule has 0 aliphatic rings. The highest BCUT2D eigenvalue weighted by atomic mass is 32.1. The predicted molar refractivity (Wildman–Crippen MR) is 42.6 cm³/mol. The maximum absolute atomic E-state index is 12.3. The molecule has 80 valence electrons. The molecule has 0 fully saturated rings. The van der Waals surface area contributed by atoms with Gasteiger partial charge in [0, 0.05) is 11.9 Å². The summed E-state index contributed by atoms with van der Waals surface area (Å²) in [7, 11) is 0. The third kappa shape index (κ3) is 3.18. The van der Waals surface area contributed by atoms with Gasteiger partial charge in [-0.3, -0.25) is 0 Å². The molecule has 8 heteroatoms. The van der Waals surface area contributed by atoms with E-state index in [4.69, 9.17) is 0 Å². The summed E-state index contributed by atoms with van der Waals surface area (Å²) in [6, 6.07) is 0. The molecule has 0 bridgehead atoms. The zero-order valence-corrected chi connectivity index (χ0v) is 7.70. The van der Waals surface area contributed by atoms with Crippen LogP contribution in [0.5, 0.6) is 0 Å². The maximum Gasteiger partial charge on any atom is 0.319 e. The minimum atomic E-state index is -4.00. The molecule has 0 saturated carbocycles. The van der Waals surface area contributed by atoms with Crippen LogP contribution >= 0.6 is 11.5 Å². The molecule has 0 radical (unpaired) electrons. The number of hydrogen-bond acceptors (Lipinski definition) is 4. The average Bonchev–Trinajstić information content (AvgIpc) is 2.56. The quantitative estimate of drug-likeness (QED) is 0.778. The summed E-state index contributed by atoms with van der Waals surface area (Å²) in [4.78, 5) is 0. The maximum atomic E-state index is 12.3. The number of hydrogen-bond donors (Lipinski definition) is 1. The summed E-state index contributed by atoms with van der Waals surface area (Å²) in [5, 5.41) is 7.29. The van der Waals surface area contributed by atoms with Gasteiger partial charge in [0.05, 0.1) is 12.2 Å². The van der Waals surface area contributed by atoms with Crippen LogP contribution in [0.25, 0.3) is 0 Å². The van der Waals surface area contributed by atoms with Crippen molar-refractivity contribution in [1.82, 2.24) is 14.9 Å². The van der Waals surface area contributed by atoms with Crippen molar-refractivity contribution >= 4 is 11.5 Å². The standard InChI is InChI=1S/C6H7F4N3S/c7-5(8)6(9,10)3-11-1-4-2-14-13-12-4/h2,5,11H,1,3H2. The van der Waals surface area contributed by atoms with Gasteiger partial charge in [-0.15, -0.1) is 5.10 Å². The Labute approximate surface area is 81.3 Å². The molecule has 0 aromatic carbocycles. The van der Waals surface area contributed by atoms with E-state index in [9.17, 15) is 17.6 Å². The molecule has 0 saturated heterocycles. The first-order valence-electron chi connectivity index (χ1n) is 3.65.